The highest BCUT2D eigenvalue weighted by atomic mass is 19.3. The Morgan fingerprint density at radius 3 is 2.69 bits per heavy atom. The number of hydrogen-bond acceptors (Lipinski definition) is 5. The second-order valence-electron chi connectivity index (χ2n) is 3.07. The zero-order valence-corrected chi connectivity index (χ0v) is 8.54. The molecule has 1 heterocycles. The standard InChI is InChI=1S/C9H11F2N3O2/c1-4(15)5-2-6(12)8(13)14-9(5)16-3-7(10)11/h2,7H,3,12H2,1H3,(H2,13,14). The van der Waals surface area contributed by atoms with E-state index in [2.05, 4.69) is 9.72 Å². The van der Waals surface area contributed by atoms with Crippen molar-refractivity contribution in [2.24, 2.45) is 0 Å². The average molecular weight is 231 g/mol. The van der Waals surface area contributed by atoms with Crippen molar-refractivity contribution < 1.29 is 18.3 Å². The number of hydrogen-bond donors (Lipinski definition) is 2. The number of anilines is 2. The van der Waals surface area contributed by atoms with Gasteiger partial charge in [-0.1, -0.05) is 0 Å². The van der Waals surface area contributed by atoms with Gasteiger partial charge in [0, 0.05) is 0 Å². The predicted molar refractivity (Wildman–Crippen MR) is 54.6 cm³/mol. The van der Waals surface area contributed by atoms with Crippen molar-refractivity contribution in [3.8, 4) is 5.88 Å². The SMILES string of the molecule is CC(=O)c1cc(N)c(N)nc1OCC(F)F. The molecule has 0 saturated carbocycles. The Bertz CT molecular complexity index is 410. The first kappa shape index (κ1) is 12.2. The zero-order chi connectivity index (χ0) is 12.3. The highest BCUT2D eigenvalue weighted by Gasteiger charge is 2.15. The minimum absolute atomic E-state index is 0.0346. The number of carbonyl (C=O) groups is 1. The Morgan fingerprint density at radius 2 is 2.19 bits per heavy atom. The van der Waals surface area contributed by atoms with Gasteiger partial charge in [-0.3, -0.25) is 4.79 Å². The topological polar surface area (TPSA) is 91.2 Å². The number of nitrogens with zero attached hydrogens (tertiary/aromatic N) is 1. The maximum Gasteiger partial charge on any atom is 0.272 e. The molecule has 5 nitrogen and oxygen atoms in total. The Balaban J connectivity index is 3.05. The van der Waals surface area contributed by atoms with Gasteiger partial charge < -0.3 is 16.2 Å². The van der Waals surface area contributed by atoms with Crippen LogP contribution < -0.4 is 16.2 Å². The molecule has 0 amide bonds. The lowest BCUT2D eigenvalue weighted by Crippen LogP contribution is -2.12. The molecule has 0 atom stereocenters. The van der Waals surface area contributed by atoms with Crippen LogP contribution in [0.3, 0.4) is 0 Å². The number of aromatic nitrogens is 1. The van der Waals surface area contributed by atoms with Crippen LogP contribution in [0.2, 0.25) is 0 Å². The van der Waals surface area contributed by atoms with E-state index in [4.69, 9.17) is 11.5 Å². The number of alkyl halides is 2. The van der Waals surface area contributed by atoms with Crippen LogP contribution in [-0.2, 0) is 0 Å². The molecular weight excluding hydrogens is 220 g/mol. The van der Waals surface area contributed by atoms with E-state index in [1.165, 1.54) is 13.0 Å². The fourth-order valence-electron chi connectivity index (χ4n) is 1.03. The molecule has 0 radical (unpaired) electrons. The Kier molecular flexibility index (Phi) is 3.60. The van der Waals surface area contributed by atoms with Gasteiger partial charge in [0.05, 0.1) is 11.3 Å². The van der Waals surface area contributed by atoms with Gasteiger partial charge in [0.25, 0.3) is 6.43 Å². The van der Waals surface area contributed by atoms with E-state index in [0.29, 0.717) is 0 Å². The van der Waals surface area contributed by atoms with Gasteiger partial charge in [-0.05, 0) is 13.0 Å². The Morgan fingerprint density at radius 1 is 1.56 bits per heavy atom. The van der Waals surface area contributed by atoms with Crippen molar-refractivity contribution in [3.63, 3.8) is 0 Å². The molecule has 4 N–H and O–H groups in total. The van der Waals surface area contributed by atoms with Crippen LogP contribution >= 0.6 is 0 Å². The van der Waals surface area contributed by atoms with Crippen LogP contribution in [0.4, 0.5) is 20.3 Å². The lowest BCUT2D eigenvalue weighted by atomic mass is 10.2. The van der Waals surface area contributed by atoms with Crippen molar-refractivity contribution in [2.45, 2.75) is 13.3 Å². The van der Waals surface area contributed by atoms with E-state index < -0.39 is 13.0 Å². The number of Topliss-reactive ketones (excluding diaryl/α,β-unsaturated/α-hetero) is 1. The van der Waals surface area contributed by atoms with Crippen LogP contribution in [0.15, 0.2) is 6.07 Å². The van der Waals surface area contributed by atoms with Crippen molar-refractivity contribution in [2.75, 3.05) is 18.1 Å². The molecule has 0 spiro atoms. The van der Waals surface area contributed by atoms with Gasteiger partial charge >= 0.3 is 0 Å². The van der Waals surface area contributed by atoms with E-state index in [-0.39, 0.29) is 28.7 Å². The normalized spacial score (nSPS) is 10.5. The molecule has 1 rings (SSSR count). The third-order valence-corrected chi connectivity index (χ3v) is 1.77. The van der Waals surface area contributed by atoms with Crippen LogP contribution in [0.25, 0.3) is 0 Å². The van der Waals surface area contributed by atoms with Crippen molar-refractivity contribution in [1.82, 2.24) is 4.98 Å². The number of rotatable bonds is 4. The van der Waals surface area contributed by atoms with E-state index in [0.717, 1.165) is 0 Å². The molecular formula is C9H11F2N3O2. The van der Waals surface area contributed by atoms with Gasteiger partial charge in [-0.25, -0.2) is 8.78 Å². The second-order valence-corrected chi connectivity index (χ2v) is 3.07. The minimum Gasteiger partial charge on any atom is -0.471 e. The van der Waals surface area contributed by atoms with Gasteiger partial charge in [0.1, 0.15) is 0 Å². The summed E-state index contributed by atoms with van der Waals surface area (Å²) in [7, 11) is 0. The summed E-state index contributed by atoms with van der Waals surface area (Å²) in [6, 6.07) is 1.26. The summed E-state index contributed by atoms with van der Waals surface area (Å²) in [5.74, 6) is -0.669. The van der Waals surface area contributed by atoms with Crippen molar-refractivity contribution in [3.05, 3.63) is 11.6 Å². The maximum absolute atomic E-state index is 11.9. The van der Waals surface area contributed by atoms with E-state index >= 15 is 0 Å². The molecule has 0 bridgehead atoms. The molecule has 0 aliphatic rings. The first-order valence-electron chi connectivity index (χ1n) is 4.39. The number of ether oxygens (including phenoxy) is 1. The summed E-state index contributed by atoms with van der Waals surface area (Å²) in [5.41, 5.74) is 11.0. The Hall–Kier alpha value is -1.92. The number of pyridine rings is 1. The summed E-state index contributed by atoms with van der Waals surface area (Å²) in [4.78, 5) is 14.8. The third-order valence-electron chi connectivity index (χ3n) is 1.77. The first-order chi connectivity index (χ1) is 7.41. The molecule has 1 aromatic rings. The molecule has 0 aliphatic carbocycles. The van der Waals surface area contributed by atoms with Crippen LogP contribution in [0.5, 0.6) is 5.88 Å². The third kappa shape index (κ3) is 2.78. The predicted octanol–water partition coefficient (Wildman–Crippen LogP) is 1.09. The van der Waals surface area contributed by atoms with E-state index in [9.17, 15) is 13.6 Å². The number of carbonyl (C=O) groups excluding carboxylic acids is 1. The second kappa shape index (κ2) is 4.73. The Labute approximate surface area is 90.4 Å². The summed E-state index contributed by atoms with van der Waals surface area (Å²) >= 11 is 0. The van der Waals surface area contributed by atoms with Crippen LogP contribution in [0, 0.1) is 0 Å². The molecule has 88 valence electrons. The molecule has 16 heavy (non-hydrogen) atoms. The number of halogens is 2. The molecule has 0 fully saturated rings. The molecule has 0 aliphatic heterocycles. The summed E-state index contributed by atoms with van der Waals surface area (Å²) < 4.78 is 28.6. The van der Waals surface area contributed by atoms with E-state index in [1.54, 1.807) is 0 Å². The smallest absolute Gasteiger partial charge is 0.272 e. The molecule has 0 saturated heterocycles. The average Bonchev–Trinajstić information content (AvgIpc) is 2.18. The van der Waals surface area contributed by atoms with Crippen molar-refractivity contribution >= 4 is 17.3 Å². The van der Waals surface area contributed by atoms with Gasteiger partial charge in [-0.2, -0.15) is 4.98 Å². The monoisotopic (exact) mass is 231 g/mol. The molecule has 0 aromatic carbocycles. The lowest BCUT2D eigenvalue weighted by Gasteiger charge is -2.10. The zero-order valence-electron chi connectivity index (χ0n) is 8.54. The fourth-order valence-corrected chi connectivity index (χ4v) is 1.03. The highest BCUT2D eigenvalue weighted by Crippen LogP contribution is 2.23. The van der Waals surface area contributed by atoms with Gasteiger partial charge in [0.15, 0.2) is 18.2 Å². The van der Waals surface area contributed by atoms with Gasteiger partial charge in [0.2, 0.25) is 5.88 Å². The molecule has 0 unspecified atom stereocenters. The van der Waals surface area contributed by atoms with Crippen LogP contribution in [-0.4, -0.2) is 23.8 Å². The molecule has 7 heteroatoms. The van der Waals surface area contributed by atoms with Crippen molar-refractivity contribution in [1.29, 1.82) is 0 Å². The fraction of sp³-hybridized carbons (Fsp3) is 0.333. The van der Waals surface area contributed by atoms with Gasteiger partial charge in [-0.15, -0.1) is 0 Å². The highest BCUT2D eigenvalue weighted by molar-refractivity contribution is 5.97. The van der Waals surface area contributed by atoms with E-state index in [1.807, 2.05) is 0 Å². The lowest BCUT2D eigenvalue weighted by molar-refractivity contribution is 0.0780. The summed E-state index contributed by atoms with van der Waals surface area (Å²) in [6.45, 7) is 0.401. The first-order valence-corrected chi connectivity index (χ1v) is 4.39. The molecule has 1 aromatic heterocycles. The largest absolute Gasteiger partial charge is 0.471 e. The summed E-state index contributed by atoms with van der Waals surface area (Å²) in [5, 5.41) is 0. The number of nitrogen functional groups attached to an aromatic ring is 2. The number of nitrogens with two attached hydrogens (primary N) is 2. The van der Waals surface area contributed by atoms with Crippen LogP contribution in [0.1, 0.15) is 17.3 Å². The quantitative estimate of drug-likeness (QED) is 0.757. The minimum atomic E-state index is -2.65. The maximum atomic E-state index is 11.9. The summed E-state index contributed by atoms with van der Waals surface area (Å²) in [6.07, 6.45) is -2.65. The number of ketones is 1.